The summed E-state index contributed by atoms with van der Waals surface area (Å²) in [5.74, 6) is 0.131. The van der Waals surface area contributed by atoms with Gasteiger partial charge in [-0.3, -0.25) is 9.59 Å². The number of ether oxygens (including phenoxy) is 2. The maximum atomic E-state index is 12.9. The van der Waals surface area contributed by atoms with Gasteiger partial charge in [0.1, 0.15) is 0 Å². The van der Waals surface area contributed by atoms with Crippen LogP contribution in [-0.2, 0) is 9.53 Å². The molecule has 1 aliphatic heterocycles. The molecule has 4 rings (SSSR count). The Morgan fingerprint density at radius 2 is 1.96 bits per heavy atom. The lowest BCUT2D eigenvalue weighted by molar-refractivity contribution is -0.136. The highest BCUT2D eigenvalue weighted by Gasteiger charge is 2.41. The van der Waals surface area contributed by atoms with Crippen molar-refractivity contribution in [1.29, 1.82) is 0 Å². The van der Waals surface area contributed by atoms with E-state index < -0.39 is 12.2 Å². The lowest BCUT2D eigenvalue weighted by Crippen LogP contribution is -2.38. The lowest BCUT2D eigenvalue weighted by atomic mass is 9.94. The Hall–Kier alpha value is -3.15. The van der Waals surface area contributed by atoms with Gasteiger partial charge in [-0.25, -0.2) is 4.98 Å². The zero-order chi connectivity index (χ0) is 17.6. The van der Waals surface area contributed by atoms with Crippen LogP contribution in [-0.4, -0.2) is 27.7 Å². The third-order valence-electron chi connectivity index (χ3n) is 4.60. The number of pyridine rings is 1. The van der Waals surface area contributed by atoms with Gasteiger partial charge >= 0.3 is 0 Å². The molecule has 0 saturated carbocycles. The maximum absolute atomic E-state index is 12.9. The van der Waals surface area contributed by atoms with Gasteiger partial charge < -0.3 is 13.9 Å². The minimum Gasteiger partial charge on any atom is -0.477 e. The van der Waals surface area contributed by atoms with E-state index in [1.165, 1.54) is 0 Å². The summed E-state index contributed by atoms with van der Waals surface area (Å²) in [6, 6.07) is 10.9. The third-order valence-corrected chi connectivity index (χ3v) is 4.60. The topological polar surface area (TPSA) is 69.9 Å². The van der Waals surface area contributed by atoms with Gasteiger partial charge in [0.05, 0.1) is 11.3 Å². The monoisotopic (exact) mass is 336 g/mol. The van der Waals surface area contributed by atoms with Gasteiger partial charge in [0.25, 0.3) is 6.47 Å². The molecule has 0 N–H and O–H groups in total. The molecule has 2 atom stereocenters. The molecular weight excluding hydrogens is 320 g/mol. The zero-order valence-corrected chi connectivity index (χ0v) is 13.8. The summed E-state index contributed by atoms with van der Waals surface area (Å²) in [4.78, 5) is 28.4. The molecule has 0 amide bonds. The van der Waals surface area contributed by atoms with Crippen LogP contribution in [0.4, 0.5) is 0 Å². The third kappa shape index (κ3) is 2.29. The molecule has 6 nitrogen and oxygen atoms in total. The molecule has 0 radical (unpaired) electrons. The SMILES string of the molecule is Cc1nc2c3c(ccn2c1C)C(=O)[C@H](OC=O)[C@@H](c1ccccc1)O3. The summed E-state index contributed by atoms with van der Waals surface area (Å²) in [5, 5.41) is 0. The van der Waals surface area contributed by atoms with E-state index in [0.717, 1.165) is 17.0 Å². The number of benzene rings is 1. The maximum Gasteiger partial charge on any atom is 0.293 e. The standard InChI is InChI=1S/C19H16N2O4/c1-11-12(2)21-9-8-14-15(23)18(24-10-22)16(13-6-4-3-5-7-13)25-17(14)19(21)20-11/h3-10,16,18H,1-2H3/t16-,18+/m1/s1. The highest BCUT2D eigenvalue weighted by Crippen LogP contribution is 2.39. The van der Waals surface area contributed by atoms with Crippen molar-refractivity contribution in [3.8, 4) is 5.75 Å². The van der Waals surface area contributed by atoms with Crippen molar-refractivity contribution in [3.05, 3.63) is 65.1 Å². The van der Waals surface area contributed by atoms with E-state index in [4.69, 9.17) is 9.47 Å². The Balaban J connectivity index is 1.92. The number of carbonyl (C=O) groups is 2. The number of rotatable bonds is 3. The van der Waals surface area contributed by atoms with Crippen molar-refractivity contribution in [2.24, 2.45) is 0 Å². The Morgan fingerprint density at radius 3 is 2.68 bits per heavy atom. The van der Waals surface area contributed by atoms with Crippen molar-refractivity contribution in [1.82, 2.24) is 9.38 Å². The van der Waals surface area contributed by atoms with E-state index in [2.05, 4.69) is 4.98 Å². The van der Waals surface area contributed by atoms with Crippen LogP contribution in [0.25, 0.3) is 5.65 Å². The predicted molar refractivity (Wildman–Crippen MR) is 89.7 cm³/mol. The van der Waals surface area contributed by atoms with Crippen LogP contribution in [0.2, 0.25) is 0 Å². The predicted octanol–water partition coefficient (Wildman–Crippen LogP) is 2.81. The molecule has 25 heavy (non-hydrogen) atoms. The summed E-state index contributed by atoms with van der Waals surface area (Å²) < 4.78 is 13.1. The molecule has 3 heterocycles. The van der Waals surface area contributed by atoms with E-state index in [1.54, 1.807) is 12.3 Å². The van der Waals surface area contributed by atoms with Crippen molar-refractivity contribution in [2.45, 2.75) is 26.1 Å². The zero-order valence-electron chi connectivity index (χ0n) is 13.8. The van der Waals surface area contributed by atoms with Crippen LogP contribution >= 0.6 is 0 Å². The molecule has 0 unspecified atom stereocenters. The minimum absolute atomic E-state index is 0.287. The van der Waals surface area contributed by atoms with Crippen LogP contribution in [0.3, 0.4) is 0 Å². The molecule has 0 bridgehead atoms. The first kappa shape index (κ1) is 15.4. The summed E-state index contributed by atoms with van der Waals surface area (Å²) in [6.07, 6.45) is 0.0490. The van der Waals surface area contributed by atoms with Crippen molar-refractivity contribution in [3.63, 3.8) is 0 Å². The molecule has 0 saturated heterocycles. The number of ketones is 1. The van der Waals surface area contributed by atoms with Crippen LogP contribution in [0.5, 0.6) is 5.75 Å². The van der Waals surface area contributed by atoms with E-state index in [-0.39, 0.29) is 12.3 Å². The molecular formula is C19H16N2O4. The summed E-state index contributed by atoms with van der Waals surface area (Å²) in [5.41, 5.74) is 3.57. The fraction of sp³-hybridized carbons (Fsp3) is 0.211. The lowest BCUT2D eigenvalue weighted by Gasteiger charge is -2.31. The van der Waals surface area contributed by atoms with Crippen LogP contribution in [0, 0.1) is 13.8 Å². The first-order valence-electron chi connectivity index (χ1n) is 7.95. The number of carbonyl (C=O) groups excluding carboxylic acids is 2. The van der Waals surface area contributed by atoms with E-state index in [1.807, 2.05) is 48.6 Å². The Kier molecular flexibility index (Phi) is 3.53. The summed E-state index contributed by atoms with van der Waals surface area (Å²) in [6.45, 7) is 4.15. The second kappa shape index (κ2) is 5.73. The normalized spacial score (nSPS) is 19.4. The molecule has 0 aliphatic carbocycles. The van der Waals surface area contributed by atoms with Crippen LogP contribution in [0.1, 0.15) is 33.4 Å². The Bertz CT molecular complexity index is 978. The number of hydrogen-bond acceptors (Lipinski definition) is 5. The van der Waals surface area contributed by atoms with Crippen molar-refractivity contribution < 1.29 is 19.1 Å². The Morgan fingerprint density at radius 1 is 1.20 bits per heavy atom. The fourth-order valence-electron chi connectivity index (χ4n) is 3.18. The van der Waals surface area contributed by atoms with Crippen LogP contribution < -0.4 is 4.74 Å². The van der Waals surface area contributed by atoms with Crippen molar-refractivity contribution >= 4 is 17.9 Å². The second-order valence-corrected chi connectivity index (χ2v) is 6.00. The summed E-state index contributed by atoms with van der Waals surface area (Å²) in [7, 11) is 0. The number of imidazole rings is 1. The van der Waals surface area contributed by atoms with Gasteiger partial charge in [-0.1, -0.05) is 30.3 Å². The molecule has 0 fully saturated rings. The highest BCUT2D eigenvalue weighted by atomic mass is 16.6. The first-order valence-corrected chi connectivity index (χ1v) is 7.95. The van der Waals surface area contributed by atoms with E-state index in [9.17, 15) is 9.59 Å². The van der Waals surface area contributed by atoms with Gasteiger partial charge in [0, 0.05) is 11.9 Å². The van der Waals surface area contributed by atoms with Gasteiger partial charge in [-0.05, 0) is 25.5 Å². The molecule has 3 aromatic rings. The highest BCUT2D eigenvalue weighted by molar-refractivity contribution is 6.05. The first-order chi connectivity index (χ1) is 12.1. The molecule has 2 aromatic heterocycles. The van der Waals surface area contributed by atoms with Gasteiger partial charge in [-0.2, -0.15) is 0 Å². The number of nitrogens with zero attached hydrogens (tertiary/aromatic N) is 2. The number of hydrogen-bond donors (Lipinski definition) is 0. The molecule has 126 valence electrons. The average Bonchev–Trinajstić information content (AvgIpc) is 2.93. The molecule has 1 aromatic carbocycles. The smallest absolute Gasteiger partial charge is 0.293 e. The Labute approximate surface area is 144 Å². The largest absolute Gasteiger partial charge is 0.477 e. The molecule has 0 spiro atoms. The average molecular weight is 336 g/mol. The fourth-order valence-corrected chi connectivity index (χ4v) is 3.18. The number of aryl methyl sites for hydroxylation is 2. The quantitative estimate of drug-likeness (QED) is 0.688. The van der Waals surface area contributed by atoms with Gasteiger partial charge in [0.15, 0.2) is 17.5 Å². The number of aromatic nitrogens is 2. The number of Topliss-reactive ketones (excluding diaryl/α,β-unsaturated/α-hetero) is 1. The molecule has 1 aliphatic rings. The second-order valence-electron chi connectivity index (χ2n) is 6.00. The molecule has 6 heteroatoms. The van der Waals surface area contributed by atoms with Gasteiger partial charge in [-0.15, -0.1) is 0 Å². The summed E-state index contributed by atoms with van der Waals surface area (Å²) >= 11 is 0. The number of fused-ring (bicyclic) bond motifs is 3. The van der Waals surface area contributed by atoms with Crippen molar-refractivity contribution in [2.75, 3.05) is 0 Å². The minimum atomic E-state index is -1.02. The van der Waals surface area contributed by atoms with Crippen LogP contribution in [0.15, 0.2) is 42.6 Å². The van der Waals surface area contributed by atoms with Gasteiger partial charge in [0.2, 0.25) is 11.9 Å². The van der Waals surface area contributed by atoms with E-state index in [0.29, 0.717) is 17.0 Å². The van der Waals surface area contributed by atoms with E-state index >= 15 is 0 Å².